The Hall–Kier alpha value is -1.62. The molecular formula is C29H41NO2S. The minimum Gasteiger partial charge on any atom is -0.393 e. The molecule has 3 aliphatic rings. The predicted molar refractivity (Wildman–Crippen MR) is 140 cm³/mol. The third kappa shape index (κ3) is 5.23. The van der Waals surface area contributed by atoms with Crippen LogP contribution in [0.25, 0.3) is 0 Å². The van der Waals surface area contributed by atoms with Gasteiger partial charge in [-0.15, -0.1) is 0 Å². The number of aliphatic hydroxyl groups excluding tert-OH is 1. The van der Waals surface area contributed by atoms with Crippen LogP contribution >= 0.6 is 0 Å². The van der Waals surface area contributed by atoms with Gasteiger partial charge in [0.1, 0.15) is 0 Å². The maximum atomic E-state index is 13.1. The zero-order valence-electron chi connectivity index (χ0n) is 20.3. The highest BCUT2D eigenvalue weighted by Crippen LogP contribution is 2.59. The molecule has 0 saturated heterocycles. The highest BCUT2D eigenvalue weighted by Gasteiger charge is 2.50. The van der Waals surface area contributed by atoms with E-state index >= 15 is 0 Å². The second-order valence-electron chi connectivity index (χ2n) is 10.9. The van der Waals surface area contributed by atoms with Crippen LogP contribution in [0.1, 0.15) is 71.6 Å². The Bertz CT molecular complexity index is 1050. The first-order valence-corrected chi connectivity index (χ1v) is 14.4. The molecule has 0 amide bonds. The summed E-state index contributed by atoms with van der Waals surface area (Å²) in [7, 11) is -2.60. The summed E-state index contributed by atoms with van der Waals surface area (Å²) < 4.78 is 13.1. The van der Waals surface area contributed by atoms with Crippen molar-refractivity contribution in [2.45, 2.75) is 82.6 Å². The normalized spacial score (nSPS) is 35.3. The van der Waals surface area contributed by atoms with Crippen molar-refractivity contribution >= 4 is 15.1 Å². The number of benzene rings is 1. The molecule has 0 heterocycles. The van der Waals surface area contributed by atoms with Crippen LogP contribution in [0.15, 0.2) is 70.7 Å². The van der Waals surface area contributed by atoms with E-state index in [0.717, 1.165) is 30.6 Å². The number of fused-ring (bicyclic) bond motifs is 1. The molecule has 3 saturated carbocycles. The van der Waals surface area contributed by atoms with Crippen molar-refractivity contribution in [3.05, 3.63) is 65.8 Å². The van der Waals surface area contributed by atoms with E-state index < -0.39 is 9.71 Å². The first-order valence-electron chi connectivity index (χ1n) is 12.7. The molecule has 3 N–H and O–H groups in total. The van der Waals surface area contributed by atoms with Crippen LogP contribution < -0.4 is 5.14 Å². The summed E-state index contributed by atoms with van der Waals surface area (Å²) in [5.74, 6) is 1.69. The molecule has 1 aromatic carbocycles. The number of hydrogen-bond acceptors (Lipinski definition) is 2. The third-order valence-electron chi connectivity index (χ3n) is 8.74. The molecule has 1 aromatic rings. The van der Waals surface area contributed by atoms with E-state index in [-0.39, 0.29) is 6.10 Å². The molecule has 4 rings (SSSR count). The fourth-order valence-corrected chi connectivity index (χ4v) is 8.16. The second-order valence-corrected chi connectivity index (χ2v) is 13.0. The molecule has 3 nitrogen and oxygen atoms in total. The Balaban J connectivity index is 1.50. The summed E-state index contributed by atoms with van der Waals surface area (Å²) >= 11 is 0. The molecular weight excluding hydrogens is 426 g/mol. The molecule has 0 radical (unpaired) electrons. The van der Waals surface area contributed by atoms with Crippen molar-refractivity contribution in [2.24, 2.45) is 28.3 Å². The zero-order valence-corrected chi connectivity index (χ0v) is 21.2. The van der Waals surface area contributed by atoms with E-state index in [9.17, 15) is 9.32 Å². The van der Waals surface area contributed by atoms with Gasteiger partial charge in [-0.05, 0) is 104 Å². The van der Waals surface area contributed by atoms with Crippen LogP contribution in [0.3, 0.4) is 0 Å². The largest absolute Gasteiger partial charge is 0.393 e. The maximum Gasteiger partial charge on any atom is 0.0583 e. The minimum absolute atomic E-state index is 0.224. The predicted octanol–water partition coefficient (Wildman–Crippen LogP) is 6.20. The molecule has 1 unspecified atom stereocenters. The van der Waals surface area contributed by atoms with Crippen LogP contribution in [0.5, 0.6) is 0 Å². The van der Waals surface area contributed by atoms with Gasteiger partial charge in [0.2, 0.25) is 0 Å². The first-order chi connectivity index (χ1) is 15.7. The Morgan fingerprint density at radius 2 is 1.97 bits per heavy atom. The van der Waals surface area contributed by atoms with Gasteiger partial charge in [-0.3, -0.25) is 5.14 Å². The third-order valence-corrected chi connectivity index (χ3v) is 10.4. The van der Waals surface area contributed by atoms with E-state index in [2.05, 4.69) is 32.6 Å². The van der Waals surface area contributed by atoms with E-state index in [1.165, 1.54) is 43.3 Å². The lowest BCUT2D eigenvalue weighted by Gasteiger charge is -2.44. The van der Waals surface area contributed by atoms with E-state index in [1.807, 2.05) is 35.7 Å². The number of aliphatic hydroxyl groups is 1. The Morgan fingerprint density at radius 3 is 2.73 bits per heavy atom. The Morgan fingerprint density at radius 1 is 1.21 bits per heavy atom. The lowest BCUT2D eigenvalue weighted by molar-refractivity contribution is 0.100. The summed E-state index contributed by atoms with van der Waals surface area (Å²) in [5, 5.41) is 18.2. The molecule has 0 bridgehead atoms. The van der Waals surface area contributed by atoms with Gasteiger partial charge >= 0.3 is 0 Å². The first kappa shape index (κ1) is 24.5. The van der Waals surface area contributed by atoms with Crippen molar-refractivity contribution in [3.63, 3.8) is 0 Å². The Labute approximate surface area is 201 Å². The molecule has 3 aliphatic carbocycles. The number of rotatable bonds is 5. The number of hydrogen-bond donors (Lipinski definition) is 2. The molecule has 3 fully saturated rings. The maximum absolute atomic E-state index is 13.1. The van der Waals surface area contributed by atoms with Gasteiger partial charge in [0.25, 0.3) is 0 Å². The smallest absolute Gasteiger partial charge is 0.0583 e. The lowest BCUT2D eigenvalue weighted by Crippen LogP contribution is -2.36. The fraction of sp³-hybridized carbons (Fsp3) is 0.552. The van der Waals surface area contributed by atoms with Gasteiger partial charge < -0.3 is 5.11 Å². The molecule has 0 spiro atoms. The monoisotopic (exact) mass is 467 g/mol. The van der Waals surface area contributed by atoms with Crippen molar-refractivity contribution in [1.82, 2.24) is 0 Å². The van der Waals surface area contributed by atoms with Crippen molar-refractivity contribution in [2.75, 3.05) is 0 Å². The van der Waals surface area contributed by atoms with Gasteiger partial charge in [0.15, 0.2) is 0 Å². The van der Waals surface area contributed by atoms with E-state index in [0.29, 0.717) is 23.2 Å². The number of allylic oxidation sites excluding steroid dienone is 4. The van der Waals surface area contributed by atoms with Gasteiger partial charge in [-0.2, -0.15) is 0 Å². The highest BCUT2D eigenvalue weighted by atomic mass is 32.2. The van der Waals surface area contributed by atoms with Crippen LogP contribution in [0.4, 0.5) is 0 Å². The van der Waals surface area contributed by atoms with Crippen molar-refractivity contribution < 1.29 is 9.32 Å². The lowest BCUT2D eigenvalue weighted by atomic mass is 9.61. The summed E-state index contributed by atoms with van der Waals surface area (Å²) in [5.41, 5.74) is 4.29. The minimum atomic E-state index is -2.60. The summed E-state index contributed by atoms with van der Waals surface area (Å²) in [6, 6.07) is 9.45. The zero-order chi connectivity index (χ0) is 23.6. The topological polar surface area (TPSA) is 63.3 Å². The molecule has 4 heteroatoms. The van der Waals surface area contributed by atoms with Gasteiger partial charge in [-0.1, -0.05) is 61.9 Å². The molecule has 0 aromatic heterocycles. The molecule has 0 aliphatic heterocycles. The summed E-state index contributed by atoms with van der Waals surface area (Å²) in [6.07, 6.45) is 13.8. The van der Waals surface area contributed by atoms with Crippen LogP contribution in [-0.2, 0) is 9.71 Å². The standard InChI is InChI=1S/C29H41NO2S/c1-21-11-14-25(31)20-24(21)13-12-23-8-7-18-29(3)27(15-16-28(23)29)22(2)17-19-33(30,32)26-9-5-4-6-10-26/h4-6,9-10,12-13,19,22,25,27-28,31H,1,7-8,11,14-18,20H2,2-3H3,(H2,30,32)/b23-12+,24-13-/t22-,25+,27-,28+,29-,33?/m1/s1. The van der Waals surface area contributed by atoms with E-state index in [4.69, 9.17) is 5.14 Å². The van der Waals surface area contributed by atoms with Crippen LogP contribution in [0.2, 0.25) is 0 Å². The number of nitrogens with two attached hydrogens (primary N) is 1. The highest BCUT2D eigenvalue weighted by molar-refractivity contribution is 7.99. The van der Waals surface area contributed by atoms with Gasteiger partial charge in [0, 0.05) is 4.90 Å². The quantitative estimate of drug-likeness (QED) is 0.506. The molecule has 33 heavy (non-hydrogen) atoms. The fourth-order valence-electron chi connectivity index (χ4n) is 6.80. The molecule has 180 valence electrons. The van der Waals surface area contributed by atoms with Gasteiger partial charge in [0.05, 0.1) is 15.8 Å². The van der Waals surface area contributed by atoms with Crippen molar-refractivity contribution in [3.8, 4) is 0 Å². The SMILES string of the molecule is C=C1CC[C@H](O)C/C1=C/C=C1\CCC[C@]2(C)[C@@H]([C@H](C)CC=S(N)(=O)c3ccccc3)CC[C@@H]12. The van der Waals surface area contributed by atoms with Crippen LogP contribution in [-0.4, -0.2) is 20.8 Å². The average molecular weight is 468 g/mol. The van der Waals surface area contributed by atoms with E-state index in [1.54, 1.807) is 5.57 Å². The van der Waals surface area contributed by atoms with Crippen molar-refractivity contribution in [1.29, 1.82) is 0 Å². The summed E-state index contributed by atoms with van der Waals surface area (Å²) in [4.78, 5) is 0.720. The second kappa shape index (κ2) is 9.93. The Kier molecular flexibility index (Phi) is 7.38. The average Bonchev–Trinajstić information content (AvgIpc) is 3.16. The summed E-state index contributed by atoms with van der Waals surface area (Å²) in [6.45, 7) is 9.04. The molecule has 6 atom stereocenters. The van der Waals surface area contributed by atoms with Gasteiger partial charge in [-0.25, -0.2) is 4.21 Å². The van der Waals surface area contributed by atoms with Crippen LogP contribution in [0, 0.1) is 23.2 Å².